The van der Waals surface area contributed by atoms with Crippen molar-refractivity contribution in [3.63, 3.8) is 0 Å². The van der Waals surface area contributed by atoms with E-state index >= 15 is 0 Å². The molecule has 0 N–H and O–H groups in total. The first-order chi connectivity index (χ1) is 8.00. The van der Waals surface area contributed by atoms with Gasteiger partial charge in [-0.05, 0) is 41.4 Å². The summed E-state index contributed by atoms with van der Waals surface area (Å²) in [5.41, 5.74) is 3.37. The molecular weight excluding hydrogens is 280 g/mol. The van der Waals surface area contributed by atoms with Crippen molar-refractivity contribution >= 4 is 21.7 Å². The van der Waals surface area contributed by atoms with E-state index in [2.05, 4.69) is 21.0 Å². The molecule has 0 fully saturated rings. The van der Waals surface area contributed by atoms with Gasteiger partial charge in [-0.3, -0.25) is 9.48 Å². The third kappa shape index (κ3) is 2.17. The van der Waals surface area contributed by atoms with Crippen LogP contribution in [0.25, 0.3) is 0 Å². The van der Waals surface area contributed by atoms with Crippen molar-refractivity contribution in [1.82, 2.24) is 9.78 Å². The molecule has 3 nitrogen and oxygen atoms in total. The van der Waals surface area contributed by atoms with E-state index in [-0.39, 0.29) is 5.78 Å². The number of hydrogen-bond donors (Lipinski definition) is 0. The summed E-state index contributed by atoms with van der Waals surface area (Å²) >= 11 is 3.35. The molecule has 1 aromatic heterocycles. The predicted octanol–water partition coefficient (Wildman–Crippen LogP) is 3.03. The summed E-state index contributed by atoms with van der Waals surface area (Å²) in [7, 11) is 1.77. The molecule has 0 aliphatic carbocycles. The average Bonchev–Trinajstić information content (AvgIpc) is 2.61. The smallest absolute Gasteiger partial charge is 0.212 e. The molecule has 0 bridgehead atoms. The van der Waals surface area contributed by atoms with Crippen LogP contribution in [0.2, 0.25) is 0 Å². The van der Waals surface area contributed by atoms with Crippen molar-refractivity contribution in [2.45, 2.75) is 13.8 Å². The summed E-state index contributed by atoms with van der Waals surface area (Å²) in [6.07, 6.45) is 1.64. The quantitative estimate of drug-likeness (QED) is 0.798. The molecule has 1 aromatic carbocycles. The van der Waals surface area contributed by atoms with E-state index < -0.39 is 0 Å². The summed E-state index contributed by atoms with van der Waals surface area (Å²) in [4.78, 5) is 12.4. The van der Waals surface area contributed by atoms with E-state index in [1.165, 1.54) is 0 Å². The second-order valence-electron chi connectivity index (χ2n) is 4.11. The molecule has 1 heterocycles. The summed E-state index contributed by atoms with van der Waals surface area (Å²) < 4.78 is 2.32. The summed E-state index contributed by atoms with van der Waals surface area (Å²) in [6, 6.07) is 5.88. The first-order valence-electron chi connectivity index (χ1n) is 5.30. The number of halogens is 1. The molecule has 17 heavy (non-hydrogen) atoms. The predicted molar refractivity (Wildman–Crippen MR) is 70.3 cm³/mol. The third-order valence-corrected chi connectivity index (χ3v) is 3.33. The molecule has 4 heteroatoms. The van der Waals surface area contributed by atoms with Crippen LogP contribution < -0.4 is 0 Å². The molecule has 0 aliphatic heterocycles. The molecule has 88 valence electrons. The number of hydrogen-bond acceptors (Lipinski definition) is 2. The van der Waals surface area contributed by atoms with Crippen molar-refractivity contribution < 1.29 is 4.79 Å². The summed E-state index contributed by atoms with van der Waals surface area (Å²) in [5, 5.41) is 4.06. The summed E-state index contributed by atoms with van der Waals surface area (Å²) in [5.74, 6) is -0.00178. The number of benzene rings is 1. The van der Waals surface area contributed by atoms with Gasteiger partial charge in [0.2, 0.25) is 5.78 Å². The van der Waals surface area contributed by atoms with E-state index in [1.807, 2.05) is 32.0 Å². The first kappa shape index (κ1) is 12.0. The van der Waals surface area contributed by atoms with Gasteiger partial charge in [-0.2, -0.15) is 5.10 Å². The standard InChI is InChI=1S/C13H13BrN2O/c1-8-4-5-9(2)10(6-8)13(17)12-11(14)7-15-16(12)3/h4-7H,1-3H3. The normalized spacial score (nSPS) is 10.6. The maximum atomic E-state index is 12.4. The van der Waals surface area contributed by atoms with Crippen LogP contribution >= 0.6 is 15.9 Å². The fraction of sp³-hybridized carbons (Fsp3) is 0.231. The molecule has 0 saturated carbocycles. The molecule has 0 spiro atoms. The van der Waals surface area contributed by atoms with Gasteiger partial charge in [0, 0.05) is 12.6 Å². The van der Waals surface area contributed by atoms with Crippen LogP contribution in [0.15, 0.2) is 28.9 Å². The van der Waals surface area contributed by atoms with Crippen molar-refractivity contribution in [3.05, 3.63) is 51.3 Å². The van der Waals surface area contributed by atoms with Crippen LogP contribution in [-0.2, 0) is 7.05 Å². The van der Waals surface area contributed by atoms with E-state index in [9.17, 15) is 4.79 Å². The zero-order chi connectivity index (χ0) is 12.6. The van der Waals surface area contributed by atoms with Gasteiger partial charge in [0.25, 0.3) is 0 Å². The largest absolute Gasteiger partial charge is 0.287 e. The fourth-order valence-electron chi connectivity index (χ4n) is 1.77. The van der Waals surface area contributed by atoms with Crippen LogP contribution in [0.1, 0.15) is 27.2 Å². The Morgan fingerprint density at radius 1 is 1.35 bits per heavy atom. The molecule has 2 aromatic rings. The van der Waals surface area contributed by atoms with Crippen LogP contribution in [0.5, 0.6) is 0 Å². The molecule has 0 amide bonds. The van der Waals surface area contributed by atoms with Crippen LogP contribution in [-0.4, -0.2) is 15.6 Å². The Kier molecular flexibility index (Phi) is 3.15. The monoisotopic (exact) mass is 292 g/mol. The van der Waals surface area contributed by atoms with Gasteiger partial charge in [0.05, 0.1) is 10.7 Å². The van der Waals surface area contributed by atoms with E-state index in [4.69, 9.17) is 0 Å². The Bertz CT molecular complexity index is 568. The van der Waals surface area contributed by atoms with Crippen molar-refractivity contribution in [3.8, 4) is 0 Å². The average molecular weight is 293 g/mol. The molecule has 0 aliphatic rings. The van der Waals surface area contributed by atoms with Crippen molar-refractivity contribution in [1.29, 1.82) is 0 Å². The minimum absolute atomic E-state index is 0.00178. The molecule has 0 atom stereocenters. The number of carbonyl (C=O) groups excluding carboxylic acids is 1. The Balaban J connectivity index is 2.55. The number of aromatic nitrogens is 2. The lowest BCUT2D eigenvalue weighted by molar-refractivity contribution is 0.102. The lowest BCUT2D eigenvalue weighted by atomic mass is 10.0. The minimum atomic E-state index is -0.00178. The second kappa shape index (κ2) is 4.45. The van der Waals surface area contributed by atoms with E-state index in [0.29, 0.717) is 5.69 Å². The van der Waals surface area contributed by atoms with Gasteiger partial charge in [-0.15, -0.1) is 0 Å². The van der Waals surface area contributed by atoms with E-state index in [0.717, 1.165) is 21.2 Å². The molecule has 0 radical (unpaired) electrons. The number of rotatable bonds is 2. The highest BCUT2D eigenvalue weighted by Gasteiger charge is 2.18. The zero-order valence-corrected chi connectivity index (χ0v) is 11.6. The third-order valence-electron chi connectivity index (χ3n) is 2.75. The Morgan fingerprint density at radius 3 is 2.65 bits per heavy atom. The van der Waals surface area contributed by atoms with Gasteiger partial charge in [-0.25, -0.2) is 0 Å². The highest BCUT2D eigenvalue weighted by atomic mass is 79.9. The molecule has 0 unspecified atom stereocenters. The number of aryl methyl sites for hydroxylation is 3. The number of carbonyl (C=O) groups is 1. The minimum Gasteiger partial charge on any atom is -0.287 e. The highest BCUT2D eigenvalue weighted by Crippen LogP contribution is 2.21. The molecular formula is C13H13BrN2O. The summed E-state index contributed by atoms with van der Waals surface area (Å²) in [6.45, 7) is 3.92. The van der Waals surface area contributed by atoms with Gasteiger partial charge in [-0.1, -0.05) is 17.7 Å². The Labute approximate surface area is 109 Å². The van der Waals surface area contributed by atoms with Gasteiger partial charge < -0.3 is 0 Å². The zero-order valence-electron chi connectivity index (χ0n) is 9.99. The van der Waals surface area contributed by atoms with Crippen molar-refractivity contribution in [2.75, 3.05) is 0 Å². The first-order valence-corrected chi connectivity index (χ1v) is 6.09. The van der Waals surface area contributed by atoms with Gasteiger partial charge >= 0.3 is 0 Å². The molecule has 2 rings (SSSR count). The molecule has 0 saturated heterocycles. The maximum Gasteiger partial charge on any atom is 0.212 e. The Morgan fingerprint density at radius 2 is 2.06 bits per heavy atom. The fourth-order valence-corrected chi connectivity index (χ4v) is 2.30. The van der Waals surface area contributed by atoms with Crippen LogP contribution in [0.4, 0.5) is 0 Å². The highest BCUT2D eigenvalue weighted by molar-refractivity contribution is 9.10. The van der Waals surface area contributed by atoms with Crippen LogP contribution in [0.3, 0.4) is 0 Å². The van der Waals surface area contributed by atoms with Crippen LogP contribution in [0, 0.1) is 13.8 Å². The Hall–Kier alpha value is -1.42. The lowest BCUT2D eigenvalue weighted by Crippen LogP contribution is -2.10. The van der Waals surface area contributed by atoms with E-state index in [1.54, 1.807) is 17.9 Å². The number of nitrogens with zero attached hydrogens (tertiary/aromatic N) is 2. The lowest BCUT2D eigenvalue weighted by Gasteiger charge is -2.07. The maximum absolute atomic E-state index is 12.4. The van der Waals surface area contributed by atoms with Crippen molar-refractivity contribution in [2.24, 2.45) is 7.05 Å². The van der Waals surface area contributed by atoms with Gasteiger partial charge in [0.15, 0.2) is 0 Å². The van der Waals surface area contributed by atoms with Gasteiger partial charge in [0.1, 0.15) is 5.69 Å². The number of ketones is 1. The SMILES string of the molecule is Cc1ccc(C)c(C(=O)c2c(Br)cnn2C)c1. The topological polar surface area (TPSA) is 34.9 Å². The second-order valence-corrected chi connectivity index (χ2v) is 4.97.